The van der Waals surface area contributed by atoms with Crippen LogP contribution >= 0.6 is 11.8 Å². The molecule has 1 aromatic rings. The minimum absolute atomic E-state index is 0.138. The molecule has 120 valence electrons. The van der Waals surface area contributed by atoms with Crippen LogP contribution in [0.1, 0.15) is 12.0 Å². The summed E-state index contributed by atoms with van der Waals surface area (Å²) in [5.41, 5.74) is 0.841. The van der Waals surface area contributed by atoms with E-state index in [9.17, 15) is 18.4 Å². The van der Waals surface area contributed by atoms with Crippen molar-refractivity contribution < 1.29 is 18.4 Å². The zero-order valence-corrected chi connectivity index (χ0v) is 13.3. The van der Waals surface area contributed by atoms with Crippen LogP contribution in [0, 0.1) is 5.92 Å². The van der Waals surface area contributed by atoms with Crippen molar-refractivity contribution >= 4 is 23.6 Å². The van der Waals surface area contributed by atoms with Gasteiger partial charge < -0.3 is 9.80 Å². The molecule has 0 aromatic heterocycles. The van der Waals surface area contributed by atoms with Gasteiger partial charge in [0, 0.05) is 32.1 Å². The van der Waals surface area contributed by atoms with E-state index in [-0.39, 0.29) is 11.8 Å². The van der Waals surface area contributed by atoms with E-state index in [2.05, 4.69) is 0 Å². The van der Waals surface area contributed by atoms with Gasteiger partial charge in [-0.05, 0) is 24.1 Å². The van der Waals surface area contributed by atoms with Crippen LogP contribution in [0.25, 0.3) is 0 Å². The van der Waals surface area contributed by atoms with Crippen LogP contribution in [0.4, 0.5) is 8.78 Å². The average molecular weight is 328 g/mol. The number of hydrogen-bond donors (Lipinski definition) is 0. The second kappa shape index (κ2) is 7.09. The Morgan fingerprint density at radius 1 is 1.41 bits per heavy atom. The first kappa shape index (κ1) is 16.7. The Kier molecular flexibility index (Phi) is 5.39. The molecule has 22 heavy (non-hydrogen) atoms. The van der Waals surface area contributed by atoms with Gasteiger partial charge in [-0.15, -0.1) is 0 Å². The topological polar surface area (TPSA) is 40.6 Å². The highest BCUT2D eigenvalue weighted by atomic mass is 32.2. The molecular formula is C15H18F2N2O2S. The van der Waals surface area contributed by atoms with Crippen molar-refractivity contribution in [2.75, 3.05) is 20.6 Å². The summed E-state index contributed by atoms with van der Waals surface area (Å²) in [6, 6.07) is 6.66. The molecule has 0 bridgehead atoms. The van der Waals surface area contributed by atoms with Gasteiger partial charge in [0.05, 0.1) is 0 Å². The zero-order valence-electron chi connectivity index (χ0n) is 12.5. The number of halogens is 2. The van der Waals surface area contributed by atoms with Gasteiger partial charge in [-0.1, -0.05) is 23.9 Å². The number of carbonyl (C=O) groups excluding carboxylic acids is 2. The fourth-order valence-corrected chi connectivity index (χ4v) is 2.94. The largest absolute Gasteiger partial charge is 0.345 e. The second-order valence-corrected chi connectivity index (χ2v) is 6.38. The summed E-state index contributed by atoms with van der Waals surface area (Å²) in [4.78, 5) is 27.7. The molecule has 1 atom stereocenters. The van der Waals surface area contributed by atoms with Crippen molar-refractivity contribution in [1.82, 2.24) is 9.80 Å². The molecule has 0 N–H and O–H groups in total. The lowest BCUT2D eigenvalue weighted by Crippen LogP contribution is -2.36. The third kappa shape index (κ3) is 3.97. The lowest BCUT2D eigenvalue weighted by molar-refractivity contribution is -0.142. The Morgan fingerprint density at radius 2 is 2.05 bits per heavy atom. The fraction of sp³-hybridized carbons (Fsp3) is 0.467. The standard InChI is InChI=1S/C15H18F2N2O2S/c1-18-8-7-12(13(18)20)14(21)19(2)9-10-3-5-11(6-4-10)22-15(16)17/h3-6,12,15H,7-9H2,1-2H3/t12-/m0/s1. The maximum atomic E-state index is 12.3. The van der Waals surface area contributed by atoms with Crippen molar-refractivity contribution in [1.29, 1.82) is 0 Å². The Bertz CT molecular complexity index is 551. The fourth-order valence-electron chi connectivity index (χ4n) is 2.45. The smallest absolute Gasteiger partial charge is 0.288 e. The molecule has 1 aromatic carbocycles. The molecule has 0 saturated carbocycles. The van der Waals surface area contributed by atoms with Crippen LogP contribution in [0.15, 0.2) is 29.2 Å². The van der Waals surface area contributed by atoms with Crippen molar-refractivity contribution in [3.05, 3.63) is 29.8 Å². The third-order valence-corrected chi connectivity index (χ3v) is 4.39. The quantitative estimate of drug-likeness (QED) is 0.616. The number of alkyl halides is 2. The van der Waals surface area contributed by atoms with Gasteiger partial charge >= 0.3 is 0 Å². The minimum Gasteiger partial charge on any atom is -0.345 e. The molecule has 0 radical (unpaired) electrons. The molecule has 0 aliphatic carbocycles. The summed E-state index contributed by atoms with van der Waals surface area (Å²) in [6.07, 6.45) is 0.544. The number of carbonyl (C=O) groups is 2. The summed E-state index contributed by atoms with van der Waals surface area (Å²) in [5, 5.41) is 0. The zero-order chi connectivity index (χ0) is 16.3. The minimum atomic E-state index is -2.44. The van der Waals surface area contributed by atoms with E-state index in [4.69, 9.17) is 0 Å². The lowest BCUT2D eigenvalue weighted by atomic mass is 10.1. The molecule has 1 aliphatic rings. The van der Waals surface area contributed by atoms with E-state index < -0.39 is 11.7 Å². The van der Waals surface area contributed by atoms with Crippen LogP contribution in [0.3, 0.4) is 0 Å². The van der Waals surface area contributed by atoms with Crippen LogP contribution in [-0.4, -0.2) is 48.0 Å². The van der Waals surface area contributed by atoms with Crippen LogP contribution < -0.4 is 0 Å². The summed E-state index contributed by atoms with van der Waals surface area (Å²) in [5.74, 6) is -3.37. The highest BCUT2D eigenvalue weighted by molar-refractivity contribution is 7.99. The summed E-state index contributed by atoms with van der Waals surface area (Å²) in [7, 11) is 3.34. The lowest BCUT2D eigenvalue weighted by Gasteiger charge is -2.20. The van der Waals surface area contributed by atoms with Crippen molar-refractivity contribution in [3.63, 3.8) is 0 Å². The first-order valence-electron chi connectivity index (χ1n) is 6.92. The third-order valence-electron chi connectivity index (χ3n) is 3.67. The molecule has 1 fully saturated rings. The highest BCUT2D eigenvalue weighted by Gasteiger charge is 2.36. The number of rotatable bonds is 5. The maximum absolute atomic E-state index is 12.3. The number of nitrogens with zero attached hydrogens (tertiary/aromatic N) is 2. The first-order valence-corrected chi connectivity index (χ1v) is 7.80. The van der Waals surface area contributed by atoms with E-state index in [0.717, 1.165) is 5.56 Å². The molecule has 1 aliphatic heterocycles. The van der Waals surface area contributed by atoms with Crippen LogP contribution in [0.5, 0.6) is 0 Å². The van der Waals surface area contributed by atoms with Crippen molar-refractivity contribution in [2.24, 2.45) is 5.92 Å². The SMILES string of the molecule is CN1CC[C@H](C(=O)N(C)Cc2ccc(SC(F)F)cc2)C1=O. The monoisotopic (exact) mass is 328 g/mol. The van der Waals surface area contributed by atoms with Gasteiger partial charge in [0.1, 0.15) is 5.92 Å². The van der Waals surface area contributed by atoms with Crippen molar-refractivity contribution in [3.8, 4) is 0 Å². The van der Waals surface area contributed by atoms with Crippen LogP contribution in [0.2, 0.25) is 0 Å². The van der Waals surface area contributed by atoms with E-state index in [1.807, 2.05) is 0 Å². The summed E-state index contributed by atoms with van der Waals surface area (Å²) >= 11 is 0.489. The predicted octanol–water partition coefficient (Wildman–Crippen LogP) is 2.44. The maximum Gasteiger partial charge on any atom is 0.288 e. The Labute approximate surface area is 132 Å². The molecule has 2 amide bonds. The molecule has 0 spiro atoms. The van der Waals surface area contributed by atoms with Gasteiger partial charge in [-0.2, -0.15) is 8.78 Å². The van der Waals surface area contributed by atoms with Crippen molar-refractivity contribution in [2.45, 2.75) is 23.6 Å². The molecule has 1 heterocycles. The Balaban J connectivity index is 1.95. The van der Waals surface area contributed by atoms with Gasteiger partial charge in [-0.3, -0.25) is 9.59 Å². The normalized spacial score (nSPS) is 18.1. The summed E-state index contributed by atoms with van der Waals surface area (Å²) < 4.78 is 24.5. The molecule has 1 saturated heterocycles. The predicted molar refractivity (Wildman–Crippen MR) is 80.5 cm³/mol. The number of amides is 2. The van der Waals surface area contributed by atoms with E-state index in [0.29, 0.717) is 36.2 Å². The van der Waals surface area contributed by atoms with Gasteiger partial charge in [0.25, 0.3) is 5.76 Å². The Morgan fingerprint density at radius 3 is 2.55 bits per heavy atom. The molecular weight excluding hydrogens is 310 g/mol. The second-order valence-electron chi connectivity index (χ2n) is 5.32. The van der Waals surface area contributed by atoms with E-state index >= 15 is 0 Å². The van der Waals surface area contributed by atoms with E-state index in [1.54, 1.807) is 43.3 Å². The first-order chi connectivity index (χ1) is 10.4. The van der Waals surface area contributed by atoms with E-state index in [1.165, 1.54) is 4.90 Å². The molecule has 4 nitrogen and oxygen atoms in total. The number of likely N-dealkylation sites (tertiary alicyclic amines) is 1. The number of hydrogen-bond acceptors (Lipinski definition) is 3. The van der Waals surface area contributed by atoms with Gasteiger partial charge in [0.15, 0.2) is 0 Å². The Hall–Kier alpha value is -1.63. The van der Waals surface area contributed by atoms with Crippen LogP contribution in [-0.2, 0) is 16.1 Å². The van der Waals surface area contributed by atoms with Gasteiger partial charge in [0.2, 0.25) is 11.8 Å². The average Bonchev–Trinajstić information content (AvgIpc) is 2.80. The highest BCUT2D eigenvalue weighted by Crippen LogP contribution is 2.25. The molecule has 0 unspecified atom stereocenters. The van der Waals surface area contributed by atoms with Gasteiger partial charge in [-0.25, -0.2) is 0 Å². The summed E-state index contributed by atoms with van der Waals surface area (Å²) in [6.45, 7) is 0.953. The molecule has 7 heteroatoms. The molecule has 2 rings (SSSR count). The number of thioether (sulfide) groups is 1. The number of benzene rings is 1.